The minimum atomic E-state index is -0.468. The lowest BCUT2D eigenvalue weighted by Crippen LogP contribution is -2.27. The number of fused-ring (bicyclic) bond motifs is 3. The van der Waals surface area contributed by atoms with Gasteiger partial charge in [0.15, 0.2) is 5.69 Å². The van der Waals surface area contributed by atoms with Gasteiger partial charge in [-0.2, -0.15) is 0 Å². The van der Waals surface area contributed by atoms with Gasteiger partial charge < -0.3 is 15.0 Å². The van der Waals surface area contributed by atoms with Crippen molar-refractivity contribution in [2.75, 3.05) is 6.61 Å². The van der Waals surface area contributed by atoms with Crippen LogP contribution in [0.2, 0.25) is 0 Å². The second-order valence-electron chi connectivity index (χ2n) is 7.48. The van der Waals surface area contributed by atoms with Crippen molar-refractivity contribution in [1.82, 2.24) is 20.3 Å². The molecule has 164 valence electrons. The summed E-state index contributed by atoms with van der Waals surface area (Å²) in [6.07, 6.45) is 4.76. The fourth-order valence-corrected chi connectivity index (χ4v) is 5.80. The van der Waals surface area contributed by atoms with Gasteiger partial charge in [0, 0.05) is 23.1 Å². The van der Waals surface area contributed by atoms with Gasteiger partial charge in [-0.15, -0.1) is 22.7 Å². The second-order valence-corrected chi connectivity index (χ2v) is 9.46. The molecular weight excluding hydrogens is 436 g/mol. The molecule has 8 nitrogen and oxygen atoms in total. The monoisotopic (exact) mass is 460 g/mol. The molecule has 0 saturated heterocycles. The summed E-state index contributed by atoms with van der Waals surface area (Å²) in [7, 11) is 0. The predicted octanol–water partition coefficient (Wildman–Crippen LogP) is 3.31. The lowest BCUT2D eigenvalue weighted by atomic mass is 9.97. The molecule has 2 N–H and O–H groups in total. The van der Waals surface area contributed by atoms with Crippen molar-refractivity contribution in [2.45, 2.75) is 58.4 Å². The third-order valence-electron chi connectivity index (χ3n) is 5.22. The van der Waals surface area contributed by atoms with Gasteiger partial charge in [0.2, 0.25) is 5.91 Å². The molecule has 0 saturated carbocycles. The Balaban J connectivity index is 1.38. The van der Waals surface area contributed by atoms with Crippen LogP contribution >= 0.6 is 22.7 Å². The topological polar surface area (TPSA) is 114 Å². The lowest BCUT2D eigenvalue weighted by Gasteiger charge is -2.11. The molecule has 3 aromatic rings. The van der Waals surface area contributed by atoms with E-state index in [0.717, 1.165) is 41.5 Å². The number of rotatable bonds is 7. The molecule has 10 heteroatoms. The van der Waals surface area contributed by atoms with Gasteiger partial charge in [-0.05, 0) is 45.1 Å². The smallest absolute Gasteiger partial charge is 0.357 e. The zero-order valence-electron chi connectivity index (χ0n) is 17.4. The SMILES string of the molecule is CCOC(=O)c1csc(C(C)NC(=O)CCc2nc3sc4c(c3c(=O)[nH]2)CCCC4)n1. The number of H-pyrrole nitrogens is 1. The van der Waals surface area contributed by atoms with E-state index >= 15 is 0 Å². The molecule has 31 heavy (non-hydrogen) atoms. The molecule has 1 unspecified atom stereocenters. The number of ether oxygens (including phenoxy) is 1. The molecule has 0 aliphatic heterocycles. The number of hydrogen-bond donors (Lipinski definition) is 2. The van der Waals surface area contributed by atoms with Crippen molar-refractivity contribution in [2.24, 2.45) is 0 Å². The normalized spacial score (nSPS) is 14.3. The Labute approximate surface area is 187 Å². The minimum Gasteiger partial charge on any atom is -0.461 e. The van der Waals surface area contributed by atoms with E-state index in [1.165, 1.54) is 16.2 Å². The van der Waals surface area contributed by atoms with Crippen molar-refractivity contribution < 1.29 is 14.3 Å². The predicted molar refractivity (Wildman–Crippen MR) is 120 cm³/mol. The van der Waals surface area contributed by atoms with E-state index in [0.29, 0.717) is 17.3 Å². The minimum absolute atomic E-state index is 0.109. The number of thiophene rings is 1. The number of aromatic amines is 1. The van der Waals surface area contributed by atoms with E-state index in [1.54, 1.807) is 23.6 Å². The van der Waals surface area contributed by atoms with Crippen LogP contribution in [0.1, 0.15) is 70.9 Å². The van der Waals surface area contributed by atoms with Crippen LogP contribution in [0.25, 0.3) is 10.2 Å². The van der Waals surface area contributed by atoms with Crippen molar-refractivity contribution in [3.05, 3.63) is 42.7 Å². The number of hydrogen-bond acceptors (Lipinski definition) is 8. The maximum atomic E-state index is 12.6. The Morgan fingerprint density at radius 3 is 2.90 bits per heavy atom. The van der Waals surface area contributed by atoms with Gasteiger partial charge in [0.25, 0.3) is 5.56 Å². The summed E-state index contributed by atoms with van der Waals surface area (Å²) < 4.78 is 4.94. The summed E-state index contributed by atoms with van der Waals surface area (Å²) >= 11 is 2.90. The van der Waals surface area contributed by atoms with Crippen LogP contribution in [0.5, 0.6) is 0 Å². The molecule has 0 spiro atoms. The summed E-state index contributed by atoms with van der Waals surface area (Å²) in [6, 6.07) is -0.334. The van der Waals surface area contributed by atoms with E-state index < -0.39 is 5.97 Å². The average molecular weight is 461 g/mol. The van der Waals surface area contributed by atoms with Gasteiger partial charge in [-0.25, -0.2) is 14.8 Å². The molecule has 0 bridgehead atoms. The average Bonchev–Trinajstić information content (AvgIpc) is 3.37. The number of esters is 1. The van der Waals surface area contributed by atoms with Gasteiger partial charge in [-0.3, -0.25) is 9.59 Å². The van der Waals surface area contributed by atoms with E-state index in [9.17, 15) is 14.4 Å². The van der Waals surface area contributed by atoms with Crippen molar-refractivity contribution >= 4 is 44.8 Å². The van der Waals surface area contributed by atoms with Gasteiger partial charge in [0.05, 0.1) is 18.0 Å². The second kappa shape index (κ2) is 9.27. The highest BCUT2D eigenvalue weighted by Gasteiger charge is 2.20. The van der Waals surface area contributed by atoms with E-state index in [1.807, 2.05) is 6.92 Å². The number of aryl methyl sites for hydroxylation is 3. The van der Waals surface area contributed by atoms with Crippen LogP contribution in [-0.4, -0.2) is 33.4 Å². The first-order valence-corrected chi connectivity index (χ1v) is 12.1. The lowest BCUT2D eigenvalue weighted by molar-refractivity contribution is -0.121. The van der Waals surface area contributed by atoms with Crippen LogP contribution in [-0.2, 0) is 28.8 Å². The molecule has 1 aliphatic carbocycles. The molecule has 3 heterocycles. The zero-order chi connectivity index (χ0) is 22.0. The fourth-order valence-electron chi connectivity index (χ4n) is 3.72. The highest BCUT2D eigenvalue weighted by atomic mass is 32.1. The Morgan fingerprint density at radius 1 is 1.29 bits per heavy atom. The van der Waals surface area contributed by atoms with Crippen LogP contribution in [0.3, 0.4) is 0 Å². The summed E-state index contributed by atoms with van der Waals surface area (Å²) in [5, 5.41) is 5.86. The first-order chi connectivity index (χ1) is 15.0. The van der Waals surface area contributed by atoms with Gasteiger partial charge >= 0.3 is 5.97 Å². The molecule has 0 fully saturated rings. The van der Waals surface area contributed by atoms with E-state index in [-0.39, 0.29) is 36.2 Å². The largest absolute Gasteiger partial charge is 0.461 e. The number of nitrogens with one attached hydrogen (secondary N) is 2. The van der Waals surface area contributed by atoms with Crippen LogP contribution in [0.4, 0.5) is 0 Å². The van der Waals surface area contributed by atoms with Crippen LogP contribution in [0.15, 0.2) is 10.2 Å². The number of amides is 1. The standard InChI is InChI=1S/C21H24N4O4S2/c1-3-29-21(28)13-10-30-19(23-13)11(2)22-16(26)9-8-15-24-18(27)17-12-6-4-5-7-14(12)31-20(17)25-15/h10-11H,3-9H2,1-2H3,(H,22,26)(H,24,25,27). The molecule has 1 amide bonds. The fraction of sp³-hybridized carbons (Fsp3) is 0.476. The van der Waals surface area contributed by atoms with E-state index in [2.05, 4.69) is 20.3 Å². The number of carbonyl (C=O) groups excluding carboxylic acids is 2. The maximum absolute atomic E-state index is 12.6. The Hall–Kier alpha value is -2.59. The number of aromatic nitrogens is 3. The molecule has 3 aromatic heterocycles. The maximum Gasteiger partial charge on any atom is 0.357 e. The molecule has 0 radical (unpaired) electrons. The first kappa shape index (κ1) is 21.6. The Morgan fingerprint density at radius 2 is 2.10 bits per heavy atom. The molecule has 0 aromatic carbocycles. The summed E-state index contributed by atoms with van der Waals surface area (Å²) in [5.41, 5.74) is 1.29. The van der Waals surface area contributed by atoms with Crippen molar-refractivity contribution in [1.29, 1.82) is 0 Å². The van der Waals surface area contributed by atoms with E-state index in [4.69, 9.17) is 4.74 Å². The first-order valence-electron chi connectivity index (χ1n) is 10.4. The van der Waals surface area contributed by atoms with Crippen molar-refractivity contribution in [3.63, 3.8) is 0 Å². The third-order valence-corrected chi connectivity index (χ3v) is 7.43. The molecule has 1 aliphatic rings. The van der Waals surface area contributed by atoms with Gasteiger partial charge in [-0.1, -0.05) is 0 Å². The Kier molecular flexibility index (Phi) is 6.47. The number of carbonyl (C=O) groups is 2. The quantitative estimate of drug-likeness (QED) is 0.523. The highest BCUT2D eigenvalue weighted by Crippen LogP contribution is 2.33. The summed E-state index contributed by atoms with van der Waals surface area (Å²) in [6.45, 7) is 3.84. The molecule has 4 rings (SSSR count). The molecular formula is C21H24N4O4S2. The molecule has 1 atom stereocenters. The zero-order valence-corrected chi connectivity index (χ0v) is 19.1. The van der Waals surface area contributed by atoms with Crippen LogP contribution in [0, 0.1) is 0 Å². The summed E-state index contributed by atoms with van der Waals surface area (Å²) in [5.74, 6) is -0.115. The van der Waals surface area contributed by atoms with Crippen molar-refractivity contribution in [3.8, 4) is 0 Å². The Bertz CT molecular complexity index is 1180. The highest BCUT2D eigenvalue weighted by molar-refractivity contribution is 7.18. The number of nitrogens with zero attached hydrogens (tertiary/aromatic N) is 2. The number of thiazole rings is 1. The third kappa shape index (κ3) is 4.69. The summed E-state index contributed by atoms with van der Waals surface area (Å²) in [4.78, 5) is 50.5. The van der Waals surface area contributed by atoms with Crippen LogP contribution < -0.4 is 10.9 Å². The van der Waals surface area contributed by atoms with Gasteiger partial charge in [0.1, 0.15) is 15.7 Å².